The van der Waals surface area contributed by atoms with E-state index < -0.39 is 0 Å². The first-order valence-corrected chi connectivity index (χ1v) is 20.8. The van der Waals surface area contributed by atoms with Gasteiger partial charge in [-0.15, -0.1) is 0 Å². The summed E-state index contributed by atoms with van der Waals surface area (Å²) in [5, 5.41) is 6.37. The van der Waals surface area contributed by atoms with Crippen LogP contribution in [0, 0.1) is 0 Å². The van der Waals surface area contributed by atoms with Gasteiger partial charge in [-0.3, -0.25) is 0 Å². The molecule has 3 aromatic heterocycles. The van der Waals surface area contributed by atoms with E-state index in [-0.39, 0.29) is 0 Å². The molecule has 284 valence electrons. The predicted molar refractivity (Wildman–Crippen MR) is 248 cm³/mol. The Morgan fingerprint density at radius 3 is 2.03 bits per heavy atom. The van der Waals surface area contributed by atoms with Gasteiger partial charge >= 0.3 is 0 Å². The Balaban J connectivity index is 0.963. The molecule has 3 aliphatic rings. The smallest absolute Gasteiger partial charge is 0.228 e. The van der Waals surface area contributed by atoms with E-state index in [1.165, 1.54) is 33.4 Å². The largest absolute Gasteiger partial charge is 0.438 e. The lowest BCUT2D eigenvalue weighted by atomic mass is 9.70. The van der Waals surface area contributed by atoms with Crippen LogP contribution >= 0.6 is 0 Å². The molecule has 0 fully saturated rings. The van der Waals surface area contributed by atoms with Gasteiger partial charge in [0.15, 0.2) is 17.5 Å². The summed E-state index contributed by atoms with van der Waals surface area (Å²) < 4.78 is 6.38. The number of pyridine rings is 1. The summed E-state index contributed by atoms with van der Waals surface area (Å²) >= 11 is 0. The zero-order chi connectivity index (χ0) is 40.0. The van der Waals surface area contributed by atoms with Crippen molar-refractivity contribution in [3.8, 4) is 56.5 Å². The first kappa shape index (κ1) is 33.9. The maximum Gasteiger partial charge on any atom is 0.228 e. The van der Waals surface area contributed by atoms with Gasteiger partial charge in [0.25, 0.3) is 0 Å². The van der Waals surface area contributed by atoms with Crippen LogP contribution in [0.2, 0.25) is 0 Å². The number of benzene rings is 7. The number of furan rings is 1. The zero-order valence-electron chi connectivity index (χ0n) is 32.9. The van der Waals surface area contributed by atoms with E-state index in [2.05, 4.69) is 152 Å². The van der Waals surface area contributed by atoms with Crippen LogP contribution in [0.4, 0.5) is 0 Å². The highest BCUT2D eigenvalue weighted by Crippen LogP contribution is 2.47. The summed E-state index contributed by atoms with van der Waals surface area (Å²) in [6.07, 6.45) is 14.6. The number of aromatic nitrogens is 4. The summed E-state index contributed by atoms with van der Waals surface area (Å²) in [5.41, 5.74) is 15.4. The molecule has 1 atom stereocenters. The van der Waals surface area contributed by atoms with Gasteiger partial charge in [-0.05, 0) is 85.8 Å². The van der Waals surface area contributed by atoms with Crippen molar-refractivity contribution in [2.75, 3.05) is 0 Å². The van der Waals surface area contributed by atoms with Gasteiger partial charge in [0.2, 0.25) is 5.71 Å². The van der Waals surface area contributed by atoms with Crippen LogP contribution in [0.5, 0.6) is 0 Å². The molecule has 3 heterocycles. The average Bonchev–Trinajstić information content (AvgIpc) is 3.71. The second-order valence-corrected chi connectivity index (χ2v) is 16.1. The molecule has 0 amide bonds. The normalized spacial score (nSPS) is 15.0. The lowest BCUT2D eigenvalue weighted by Crippen LogP contribution is -2.17. The first-order valence-electron chi connectivity index (χ1n) is 20.8. The van der Waals surface area contributed by atoms with Crippen LogP contribution in [0.3, 0.4) is 0 Å². The number of allylic oxidation sites excluding steroid dienone is 7. The Kier molecular flexibility index (Phi) is 7.36. The Labute approximate surface area is 351 Å². The van der Waals surface area contributed by atoms with Gasteiger partial charge in [0.05, 0.1) is 11.1 Å². The standard InChI is InChI=1S/C56H34N4O/c1-2-12-35(13-3-1)53-58-54(39-17-11-16-36(30-39)40-31-37-26-24-33-14-10-15-34-25-27-38(32-40)50(37)49(33)34)60-55(59-53)46-29-28-45(41-18-4-5-19-42(41)46)52-44-21-7-6-20-43(44)51-47-22-8-9-23-48(47)61-56(51)57-52/h1-26,28-32,49H,27H2. The van der Waals surface area contributed by atoms with Crippen molar-refractivity contribution in [2.45, 2.75) is 12.3 Å². The molecule has 5 nitrogen and oxygen atoms in total. The van der Waals surface area contributed by atoms with Crippen molar-refractivity contribution in [1.29, 1.82) is 0 Å². The van der Waals surface area contributed by atoms with E-state index in [1.54, 1.807) is 0 Å². The van der Waals surface area contributed by atoms with Gasteiger partial charge in [-0.1, -0.05) is 164 Å². The number of rotatable bonds is 5. The van der Waals surface area contributed by atoms with E-state index in [0.29, 0.717) is 29.1 Å². The Morgan fingerprint density at radius 1 is 0.475 bits per heavy atom. The molecule has 1 unspecified atom stereocenters. The topological polar surface area (TPSA) is 64.7 Å². The summed E-state index contributed by atoms with van der Waals surface area (Å²) in [5.74, 6) is 2.19. The maximum absolute atomic E-state index is 6.38. The van der Waals surface area contributed by atoms with Gasteiger partial charge in [0, 0.05) is 38.9 Å². The highest BCUT2D eigenvalue weighted by molar-refractivity contribution is 6.21. The van der Waals surface area contributed by atoms with Gasteiger partial charge in [-0.2, -0.15) is 0 Å². The molecule has 5 heteroatoms. The molecular formula is C56H34N4O. The lowest BCUT2D eigenvalue weighted by molar-refractivity contribution is 0.655. The molecule has 10 aromatic rings. The SMILES string of the molecule is C1=CC2=CCc3cc(-c4cccc(-c5nc(-c6ccccc6)nc(-c6ccc(-c7nc8oc9ccccc9c8c8ccccc78)c7ccccc67)n5)c4)cc4c3C2C(=C1)C=C4. The Morgan fingerprint density at radius 2 is 1.16 bits per heavy atom. The average molecular weight is 779 g/mol. The maximum atomic E-state index is 6.38. The molecule has 61 heavy (non-hydrogen) atoms. The summed E-state index contributed by atoms with van der Waals surface area (Å²) in [4.78, 5) is 20.8. The monoisotopic (exact) mass is 778 g/mol. The van der Waals surface area contributed by atoms with E-state index in [9.17, 15) is 0 Å². The third-order valence-electron chi connectivity index (χ3n) is 12.6. The number of para-hydroxylation sites is 1. The fourth-order valence-electron chi connectivity index (χ4n) is 9.83. The number of hydrogen-bond acceptors (Lipinski definition) is 5. The van der Waals surface area contributed by atoms with Crippen molar-refractivity contribution < 1.29 is 4.42 Å². The highest BCUT2D eigenvalue weighted by atomic mass is 16.3. The molecule has 0 aliphatic heterocycles. The van der Waals surface area contributed by atoms with Crippen LogP contribution < -0.4 is 0 Å². The number of hydrogen-bond donors (Lipinski definition) is 0. The molecule has 0 radical (unpaired) electrons. The van der Waals surface area contributed by atoms with Gasteiger partial charge in [0.1, 0.15) is 5.58 Å². The summed E-state index contributed by atoms with van der Waals surface area (Å²) in [6.45, 7) is 0. The molecule has 13 rings (SSSR count). The third kappa shape index (κ3) is 5.34. The second-order valence-electron chi connectivity index (χ2n) is 16.1. The minimum absolute atomic E-state index is 0.329. The minimum atomic E-state index is 0.329. The van der Waals surface area contributed by atoms with Crippen LogP contribution in [0.15, 0.2) is 198 Å². The molecule has 0 saturated heterocycles. The van der Waals surface area contributed by atoms with E-state index >= 15 is 0 Å². The van der Waals surface area contributed by atoms with E-state index in [1.807, 2.05) is 36.4 Å². The van der Waals surface area contributed by atoms with Crippen LogP contribution in [-0.4, -0.2) is 19.9 Å². The summed E-state index contributed by atoms with van der Waals surface area (Å²) in [7, 11) is 0. The van der Waals surface area contributed by atoms with Crippen molar-refractivity contribution >= 4 is 49.7 Å². The van der Waals surface area contributed by atoms with E-state index in [0.717, 1.165) is 77.8 Å². The van der Waals surface area contributed by atoms with Crippen LogP contribution in [-0.2, 0) is 6.42 Å². The van der Waals surface area contributed by atoms with Crippen molar-refractivity contribution in [3.63, 3.8) is 0 Å². The summed E-state index contributed by atoms with van der Waals surface area (Å²) in [6, 6.07) is 53.0. The van der Waals surface area contributed by atoms with Crippen molar-refractivity contribution in [3.05, 3.63) is 210 Å². The van der Waals surface area contributed by atoms with Crippen molar-refractivity contribution in [1.82, 2.24) is 19.9 Å². The molecule has 7 aromatic carbocycles. The highest BCUT2D eigenvalue weighted by Gasteiger charge is 2.30. The quantitative estimate of drug-likeness (QED) is 0.174. The molecule has 3 aliphatic carbocycles. The second kappa shape index (κ2) is 13.2. The van der Waals surface area contributed by atoms with E-state index in [4.69, 9.17) is 24.4 Å². The van der Waals surface area contributed by atoms with Crippen LogP contribution in [0.1, 0.15) is 22.6 Å². The molecule has 0 bridgehead atoms. The third-order valence-corrected chi connectivity index (χ3v) is 12.6. The minimum Gasteiger partial charge on any atom is -0.438 e. The zero-order valence-corrected chi connectivity index (χ0v) is 32.9. The fraction of sp³-hybridized carbons (Fsp3) is 0.0357. The van der Waals surface area contributed by atoms with Crippen LogP contribution in [0.25, 0.3) is 106 Å². The fourth-order valence-corrected chi connectivity index (χ4v) is 9.83. The Bertz CT molecular complexity index is 3630. The number of nitrogens with zero attached hydrogens (tertiary/aromatic N) is 4. The molecule has 0 saturated carbocycles. The first-order chi connectivity index (χ1) is 30.2. The van der Waals surface area contributed by atoms with Gasteiger partial charge < -0.3 is 4.42 Å². The predicted octanol–water partition coefficient (Wildman–Crippen LogP) is 13.9. The number of fused-ring (bicyclic) bond motifs is 6. The molecular weight excluding hydrogens is 745 g/mol. The molecule has 0 N–H and O–H groups in total. The lowest BCUT2D eigenvalue weighted by Gasteiger charge is -2.33. The van der Waals surface area contributed by atoms with Crippen molar-refractivity contribution in [2.24, 2.45) is 0 Å². The Hall–Kier alpha value is -8.02. The molecule has 0 spiro atoms. The van der Waals surface area contributed by atoms with Gasteiger partial charge in [-0.25, -0.2) is 19.9 Å².